The molecule has 0 unspecified atom stereocenters. The van der Waals surface area contributed by atoms with Crippen LogP contribution in [0.25, 0.3) is 0 Å². The number of aromatic nitrogens is 2. The molecule has 0 fully saturated rings. The number of nitrogens with one attached hydrogen (secondary N) is 3. The van der Waals surface area contributed by atoms with Crippen LogP contribution in [-0.2, 0) is 4.79 Å². The summed E-state index contributed by atoms with van der Waals surface area (Å²) in [5, 5.41) is 13.5. The molecule has 1 amide bonds. The van der Waals surface area contributed by atoms with Crippen LogP contribution >= 0.6 is 0 Å². The van der Waals surface area contributed by atoms with Gasteiger partial charge in [-0.3, -0.25) is 9.89 Å². The SMILES string of the molecule is COc1cc([C@H]2CC(=O)Nc3n[nH]c(Nc4ccccc4)c32)cc(OC)c1OC. The molecule has 0 aliphatic carbocycles. The van der Waals surface area contributed by atoms with Crippen molar-refractivity contribution in [3.8, 4) is 17.2 Å². The lowest BCUT2D eigenvalue weighted by atomic mass is 9.86. The van der Waals surface area contributed by atoms with Crippen molar-refractivity contribution in [3.05, 3.63) is 53.6 Å². The van der Waals surface area contributed by atoms with Crippen LogP contribution in [0.2, 0.25) is 0 Å². The number of fused-ring (bicyclic) bond motifs is 1. The van der Waals surface area contributed by atoms with Crippen LogP contribution in [0, 0.1) is 0 Å². The Morgan fingerprint density at radius 2 is 1.72 bits per heavy atom. The molecule has 150 valence electrons. The monoisotopic (exact) mass is 394 g/mol. The van der Waals surface area contributed by atoms with Crippen molar-refractivity contribution < 1.29 is 19.0 Å². The maximum absolute atomic E-state index is 12.3. The van der Waals surface area contributed by atoms with Gasteiger partial charge in [0, 0.05) is 23.6 Å². The fourth-order valence-corrected chi connectivity index (χ4v) is 3.60. The number of ether oxygens (including phenoxy) is 3. The Hall–Kier alpha value is -3.68. The molecule has 2 aromatic carbocycles. The molecule has 0 spiro atoms. The van der Waals surface area contributed by atoms with Crippen molar-refractivity contribution in [1.82, 2.24) is 10.2 Å². The summed E-state index contributed by atoms with van der Waals surface area (Å²) in [5.41, 5.74) is 2.66. The van der Waals surface area contributed by atoms with E-state index in [9.17, 15) is 4.79 Å². The van der Waals surface area contributed by atoms with Gasteiger partial charge in [-0.2, -0.15) is 5.10 Å². The Bertz CT molecular complexity index is 1010. The second kappa shape index (κ2) is 7.75. The number of carbonyl (C=O) groups excluding carboxylic acids is 1. The number of hydrogen-bond donors (Lipinski definition) is 3. The van der Waals surface area contributed by atoms with Crippen molar-refractivity contribution >= 4 is 23.2 Å². The normalized spacial score (nSPS) is 15.3. The van der Waals surface area contributed by atoms with Crippen molar-refractivity contribution in [3.63, 3.8) is 0 Å². The van der Waals surface area contributed by atoms with Crippen LogP contribution in [0.15, 0.2) is 42.5 Å². The summed E-state index contributed by atoms with van der Waals surface area (Å²) in [4.78, 5) is 12.3. The van der Waals surface area contributed by atoms with E-state index >= 15 is 0 Å². The first-order chi connectivity index (χ1) is 14.1. The molecule has 0 saturated carbocycles. The second-order valence-corrected chi connectivity index (χ2v) is 6.62. The highest BCUT2D eigenvalue weighted by atomic mass is 16.5. The minimum absolute atomic E-state index is 0.103. The maximum atomic E-state index is 12.3. The van der Waals surface area contributed by atoms with E-state index in [2.05, 4.69) is 20.8 Å². The fourth-order valence-electron chi connectivity index (χ4n) is 3.60. The summed E-state index contributed by atoms with van der Waals surface area (Å²) < 4.78 is 16.4. The zero-order valence-electron chi connectivity index (χ0n) is 16.4. The molecule has 8 nitrogen and oxygen atoms in total. The minimum Gasteiger partial charge on any atom is -0.493 e. The summed E-state index contributed by atoms with van der Waals surface area (Å²) in [6.07, 6.45) is 0.272. The molecule has 0 saturated heterocycles. The Kier molecular flexibility index (Phi) is 4.99. The molecule has 4 rings (SSSR count). The third kappa shape index (κ3) is 3.44. The highest BCUT2D eigenvalue weighted by Crippen LogP contribution is 2.46. The number of nitrogens with zero attached hydrogens (tertiary/aromatic N) is 1. The summed E-state index contributed by atoms with van der Waals surface area (Å²) in [5.74, 6) is 2.48. The lowest BCUT2D eigenvalue weighted by molar-refractivity contribution is -0.116. The molecule has 0 radical (unpaired) electrons. The predicted octanol–water partition coefficient (Wildman–Crippen LogP) is 3.65. The Morgan fingerprint density at radius 3 is 2.34 bits per heavy atom. The van der Waals surface area contributed by atoms with Gasteiger partial charge in [-0.15, -0.1) is 0 Å². The number of hydrogen-bond acceptors (Lipinski definition) is 6. The fraction of sp³-hybridized carbons (Fsp3) is 0.238. The number of H-pyrrole nitrogens is 1. The van der Waals surface area contributed by atoms with Gasteiger partial charge < -0.3 is 24.8 Å². The first-order valence-corrected chi connectivity index (χ1v) is 9.14. The van der Waals surface area contributed by atoms with Crippen molar-refractivity contribution in [2.24, 2.45) is 0 Å². The lowest BCUT2D eigenvalue weighted by Gasteiger charge is -2.25. The number of aromatic amines is 1. The highest BCUT2D eigenvalue weighted by Gasteiger charge is 2.33. The average Bonchev–Trinajstić information content (AvgIpc) is 3.14. The van der Waals surface area contributed by atoms with E-state index in [1.165, 1.54) is 0 Å². The summed E-state index contributed by atoms with van der Waals surface area (Å²) >= 11 is 0. The molecule has 2 heterocycles. The standard InChI is InChI=1S/C21H22N4O4/c1-27-15-9-12(10-16(28-2)19(15)29-3)14-11-17(26)23-21-18(14)20(24-25-21)22-13-7-5-4-6-8-13/h4-10,14H,11H2,1-3H3,(H3,22,23,24,25,26)/t14-/m1/s1. The zero-order valence-corrected chi connectivity index (χ0v) is 16.4. The van der Waals surface area contributed by atoms with Crippen molar-refractivity contribution in [2.75, 3.05) is 32.0 Å². The Morgan fingerprint density at radius 1 is 1.03 bits per heavy atom. The van der Waals surface area contributed by atoms with Gasteiger partial charge in [-0.1, -0.05) is 18.2 Å². The molecule has 1 aliphatic heterocycles. The second-order valence-electron chi connectivity index (χ2n) is 6.62. The molecule has 1 atom stereocenters. The van der Waals surface area contributed by atoms with Crippen molar-refractivity contribution in [1.29, 1.82) is 0 Å². The molecule has 3 N–H and O–H groups in total. The maximum Gasteiger partial charge on any atom is 0.226 e. The van der Waals surface area contributed by atoms with E-state index in [0.717, 1.165) is 22.6 Å². The molecular formula is C21H22N4O4. The van der Waals surface area contributed by atoms with Crippen LogP contribution in [0.3, 0.4) is 0 Å². The van der Waals surface area contributed by atoms with E-state index in [0.29, 0.717) is 23.1 Å². The van der Waals surface area contributed by atoms with Gasteiger partial charge in [0.1, 0.15) is 5.82 Å². The van der Waals surface area contributed by atoms with Crippen LogP contribution in [0.4, 0.5) is 17.3 Å². The van der Waals surface area contributed by atoms with Gasteiger partial charge in [0.05, 0.1) is 21.3 Å². The first kappa shape index (κ1) is 18.7. The van der Waals surface area contributed by atoms with Gasteiger partial charge in [0.25, 0.3) is 0 Å². The van der Waals surface area contributed by atoms with Crippen LogP contribution < -0.4 is 24.8 Å². The molecule has 1 aliphatic rings. The van der Waals surface area contributed by atoms with Crippen LogP contribution in [0.1, 0.15) is 23.5 Å². The van der Waals surface area contributed by atoms with E-state index in [-0.39, 0.29) is 18.2 Å². The largest absolute Gasteiger partial charge is 0.493 e. The number of para-hydroxylation sites is 1. The van der Waals surface area contributed by atoms with E-state index in [4.69, 9.17) is 14.2 Å². The smallest absolute Gasteiger partial charge is 0.226 e. The number of rotatable bonds is 6. The molecule has 3 aromatic rings. The van der Waals surface area contributed by atoms with Gasteiger partial charge in [0.15, 0.2) is 17.3 Å². The van der Waals surface area contributed by atoms with Crippen LogP contribution in [-0.4, -0.2) is 37.4 Å². The average molecular weight is 394 g/mol. The summed E-state index contributed by atoms with van der Waals surface area (Å²) in [7, 11) is 4.70. The molecule has 0 bridgehead atoms. The van der Waals surface area contributed by atoms with Gasteiger partial charge >= 0.3 is 0 Å². The van der Waals surface area contributed by atoms with Gasteiger partial charge in [-0.25, -0.2) is 0 Å². The summed E-state index contributed by atoms with van der Waals surface area (Å²) in [6, 6.07) is 13.5. The topological polar surface area (TPSA) is 97.5 Å². The number of anilines is 3. The third-order valence-corrected chi connectivity index (χ3v) is 4.93. The quantitative estimate of drug-likeness (QED) is 0.590. The first-order valence-electron chi connectivity index (χ1n) is 9.14. The highest BCUT2D eigenvalue weighted by molar-refractivity contribution is 5.95. The number of carbonyl (C=O) groups is 1. The Balaban J connectivity index is 1.80. The Labute approximate surface area is 168 Å². The minimum atomic E-state index is -0.239. The van der Waals surface area contributed by atoms with E-state index < -0.39 is 0 Å². The third-order valence-electron chi connectivity index (χ3n) is 4.93. The molecule has 29 heavy (non-hydrogen) atoms. The van der Waals surface area contributed by atoms with E-state index in [1.807, 2.05) is 42.5 Å². The number of amides is 1. The molecule has 8 heteroatoms. The van der Waals surface area contributed by atoms with Gasteiger partial charge in [-0.05, 0) is 29.8 Å². The van der Waals surface area contributed by atoms with E-state index in [1.54, 1.807) is 21.3 Å². The molecular weight excluding hydrogens is 372 g/mol. The zero-order chi connectivity index (χ0) is 20.4. The van der Waals surface area contributed by atoms with Crippen molar-refractivity contribution in [2.45, 2.75) is 12.3 Å². The molecule has 1 aromatic heterocycles. The van der Waals surface area contributed by atoms with Gasteiger partial charge in [0.2, 0.25) is 11.7 Å². The summed E-state index contributed by atoms with van der Waals surface area (Å²) in [6.45, 7) is 0. The lowest BCUT2D eigenvalue weighted by Crippen LogP contribution is -2.23. The number of benzene rings is 2. The predicted molar refractivity (Wildman–Crippen MR) is 110 cm³/mol. The van der Waals surface area contributed by atoms with Crippen LogP contribution in [0.5, 0.6) is 17.2 Å². The number of methoxy groups -OCH3 is 3.